The number of aliphatic carboxylic acids is 1. The maximum absolute atomic E-state index is 11.4. The number of para-hydroxylation sites is 2. The number of nitrogens with zero attached hydrogens (tertiary/aromatic N) is 2. The molecule has 0 aliphatic rings. The maximum atomic E-state index is 11.4. The first-order chi connectivity index (χ1) is 20.6. The molecular formula is C35H28N2O4S. The fourth-order valence-corrected chi connectivity index (χ4v) is 5.72. The summed E-state index contributed by atoms with van der Waals surface area (Å²) in [5, 5.41) is 11.4. The van der Waals surface area contributed by atoms with Crippen LogP contribution in [0.5, 0.6) is 11.5 Å². The van der Waals surface area contributed by atoms with E-state index in [1.165, 1.54) is 11.8 Å². The van der Waals surface area contributed by atoms with E-state index in [1.807, 2.05) is 121 Å². The Morgan fingerprint density at radius 3 is 1.52 bits per heavy atom. The van der Waals surface area contributed by atoms with Crippen molar-refractivity contribution < 1.29 is 19.4 Å². The second-order valence-electron chi connectivity index (χ2n) is 9.79. The topological polar surface area (TPSA) is 81.5 Å². The van der Waals surface area contributed by atoms with Crippen LogP contribution in [-0.4, -0.2) is 26.8 Å². The van der Waals surface area contributed by atoms with Crippen LogP contribution in [0.3, 0.4) is 0 Å². The van der Waals surface area contributed by atoms with Crippen molar-refractivity contribution in [3.8, 4) is 11.5 Å². The number of fused-ring (bicyclic) bond motifs is 2. The number of benzene rings is 4. The molecule has 1 N–H and O–H groups in total. The van der Waals surface area contributed by atoms with Crippen molar-refractivity contribution in [2.45, 2.75) is 18.5 Å². The summed E-state index contributed by atoms with van der Waals surface area (Å²) < 4.78 is 12.0. The first kappa shape index (κ1) is 27.3. The Morgan fingerprint density at radius 2 is 1.07 bits per heavy atom. The van der Waals surface area contributed by atoms with Crippen LogP contribution in [0.2, 0.25) is 0 Å². The van der Waals surface area contributed by atoms with Gasteiger partial charge in [0.2, 0.25) is 0 Å². The van der Waals surface area contributed by atoms with Gasteiger partial charge in [-0.25, -0.2) is 9.97 Å². The summed E-state index contributed by atoms with van der Waals surface area (Å²) in [6.45, 7) is 0.717. The number of rotatable bonds is 11. The summed E-state index contributed by atoms with van der Waals surface area (Å²) in [7, 11) is 0. The zero-order chi connectivity index (χ0) is 28.7. The van der Waals surface area contributed by atoms with Crippen molar-refractivity contribution in [1.82, 2.24) is 9.97 Å². The minimum absolute atomic E-state index is 0.0115. The van der Waals surface area contributed by atoms with Gasteiger partial charge in [-0.05, 0) is 59.7 Å². The van der Waals surface area contributed by atoms with Crippen LogP contribution in [-0.2, 0) is 18.0 Å². The predicted molar refractivity (Wildman–Crippen MR) is 167 cm³/mol. The van der Waals surface area contributed by atoms with Crippen LogP contribution in [0, 0.1) is 0 Å². The highest BCUT2D eigenvalue weighted by Crippen LogP contribution is 2.37. The molecule has 0 unspecified atom stereocenters. The van der Waals surface area contributed by atoms with E-state index in [9.17, 15) is 9.90 Å². The fraction of sp³-hybridized carbons (Fsp3) is 0.114. The van der Waals surface area contributed by atoms with Crippen molar-refractivity contribution >= 4 is 39.5 Å². The first-order valence-corrected chi connectivity index (χ1v) is 14.6. The average Bonchev–Trinajstić information content (AvgIpc) is 3.03. The van der Waals surface area contributed by atoms with Crippen LogP contribution in [0.25, 0.3) is 21.8 Å². The van der Waals surface area contributed by atoms with Crippen LogP contribution in [0.4, 0.5) is 0 Å². The SMILES string of the molecule is O=C(O)CSC(c1ccc(OCc2ccc3ccccc3n2)cc1)c1ccc(OCc2ccc3ccccc3n2)cc1. The van der Waals surface area contributed by atoms with E-state index < -0.39 is 5.97 Å². The predicted octanol–water partition coefficient (Wildman–Crippen LogP) is 7.85. The summed E-state index contributed by atoms with van der Waals surface area (Å²) in [5.74, 6) is 0.585. The molecule has 0 saturated carbocycles. The van der Waals surface area contributed by atoms with Gasteiger partial charge >= 0.3 is 5.97 Å². The second kappa shape index (κ2) is 12.7. The Balaban J connectivity index is 1.12. The molecule has 0 atom stereocenters. The van der Waals surface area contributed by atoms with E-state index in [2.05, 4.69) is 9.97 Å². The summed E-state index contributed by atoms with van der Waals surface area (Å²) in [5.41, 5.74) is 5.57. The van der Waals surface area contributed by atoms with Gasteiger partial charge in [0.25, 0.3) is 0 Å². The summed E-state index contributed by atoms with van der Waals surface area (Å²) in [6.07, 6.45) is 0. The Labute approximate surface area is 248 Å². The van der Waals surface area contributed by atoms with Crippen molar-refractivity contribution in [2.75, 3.05) is 5.75 Å². The average molecular weight is 573 g/mol. The van der Waals surface area contributed by atoms with Crippen molar-refractivity contribution in [3.63, 3.8) is 0 Å². The summed E-state index contributed by atoms with van der Waals surface area (Å²) in [4.78, 5) is 20.7. The zero-order valence-electron chi connectivity index (χ0n) is 22.7. The quantitative estimate of drug-likeness (QED) is 0.169. The van der Waals surface area contributed by atoms with Crippen molar-refractivity contribution in [3.05, 3.63) is 144 Å². The van der Waals surface area contributed by atoms with Gasteiger partial charge in [0.15, 0.2) is 0 Å². The molecule has 208 valence electrons. The lowest BCUT2D eigenvalue weighted by Crippen LogP contribution is -2.05. The Bertz CT molecular complexity index is 1700. The van der Waals surface area contributed by atoms with Crippen LogP contribution in [0.1, 0.15) is 27.8 Å². The Kier molecular flexibility index (Phi) is 8.28. The molecule has 6 nitrogen and oxygen atoms in total. The molecule has 0 radical (unpaired) electrons. The lowest BCUT2D eigenvalue weighted by Gasteiger charge is -2.18. The number of hydrogen-bond donors (Lipinski definition) is 1. The van der Waals surface area contributed by atoms with Gasteiger partial charge in [-0.15, -0.1) is 11.8 Å². The van der Waals surface area contributed by atoms with E-state index in [0.717, 1.165) is 55.8 Å². The fourth-order valence-electron chi connectivity index (χ4n) is 4.71. The Hall–Kier alpha value is -4.88. The number of hydrogen-bond acceptors (Lipinski definition) is 6. The largest absolute Gasteiger partial charge is 0.487 e. The normalized spacial score (nSPS) is 11.2. The van der Waals surface area contributed by atoms with Crippen molar-refractivity contribution in [2.24, 2.45) is 0 Å². The number of thioether (sulfide) groups is 1. The highest BCUT2D eigenvalue weighted by Gasteiger charge is 2.17. The van der Waals surface area contributed by atoms with Crippen molar-refractivity contribution in [1.29, 1.82) is 0 Å². The smallest absolute Gasteiger partial charge is 0.313 e. The molecule has 0 spiro atoms. The van der Waals surface area contributed by atoms with Gasteiger partial charge in [0, 0.05) is 10.8 Å². The van der Waals surface area contributed by atoms with Gasteiger partial charge < -0.3 is 14.6 Å². The third-order valence-electron chi connectivity index (χ3n) is 6.82. The number of aromatic nitrogens is 2. The van der Waals surface area contributed by atoms with E-state index in [0.29, 0.717) is 13.2 Å². The maximum Gasteiger partial charge on any atom is 0.313 e. The molecule has 0 saturated heterocycles. The number of carboxylic acid groups (broad SMARTS) is 1. The second-order valence-corrected chi connectivity index (χ2v) is 10.9. The number of pyridine rings is 2. The van der Waals surface area contributed by atoms with E-state index in [1.54, 1.807) is 0 Å². The number of ether oxygens (including phenoxy) is 2. The molecule has 2 heterocycles. The molecule has 0 amide bonds. The molecule has 0 aliphatic heterocycles. The number of carboxylic acids is 1. The molecule has 0 bridgehead atoms. The molecule has 0 aliphatic carbocycles. The molecule has 0 fully saturated rings. The third kappa shape index (κ3) is 6.70. The standard InChI is InChI=1S/C35H28N2O4S/c38-34(39)23-42-35(26-11-17-30(18-12-26)40-21-28-15-9-24-5-1-3-7-32(24)36-28)27-13-19-31(20-14-27)41-22-29-16-10-25-6-2-4-8-33(25)37-29/h1-20,35H,21-23H2,(H,38,39). The minimum atomic E-state index is -0.851. The zero-order valence-corrected chi connectivity index (χ0v) is 23.5. The summed E-state index contributed by atoms with van der Waals surface area (Å²) in [6, 6.07) is 39.6. The van der Waals surface area contributed by atoms with Gasteiger partial charge in [-0.1, -0.05) is 72.8 Å². The van der Waals surface area contributed by atoms with Crippen LogP contribution < -0.4 is 9.47 Å². The molecule has 6 rings (SSSR count). The lowest BCUT2D eigenvalue weighted by molar-refractivity contribution is -0.133. The van der Waals surface area contributed by atoms with Gasteiger partial charge in [0.05, 0.1) is 33.4 Å². The monoisotopic (exact) mass is 572 g/mol. The molecular weight excluding hydrogens is 544 g/mol. The summed E-state index contributed by atoms with van der Waals surface area (Å²) >= 11 is 1.37. The minimum Gasteiger partial charge on any atom is -0.487 e. The highest BCUT2D eigenvalue weighted by molar-refractivity contribution is 8.00. The molecule has 4 aromatic carbocycles. The van der Waals surface area contributed by atoms with E-state index in [-0.39, 0.29) is 11.0 Å². The van der Waals surface area contributed by atoms with Crippen LogP contribution in [0.15, 0.2) is 121 Å². The third-order valence-corrected chi connectivity index (χ3v) is 8.12. The molecule has 2 aromatic heterocycles. The Morgan fingerprint density at radius 1 is 0.619 bits per heavy atom. The van der Waals surface area contributed by atoms with Gasteiger partial charge in [-0.3, -0.25) is 4.79 Å². The van der Waals surface area contributed by atoms with E-state index >= 15 is 0 Å². The molecule has 6 aromatic rings. The van der Waals surface area contributed by atoms with E-state index in [4.69, 9.17) is 9.47 Å². The lowest BCUT2D eigenvalue weighted by atomic mass is 10.0. The van der Waals surface area contributed by atoms with Crippen LogP contribution >= 0.6 is 11.8 Å². The highest BCUT2D eigenvalue weighted by atomic mass is 32.2. The number of carbonyl (C=O) groups is 1. The first-order valence-electron chi connectivity index (χ1n) is 13.6. The van der Waals surface area contributed by atoms with Gasteiger partial charge in [0.1, 0.15) is 24.7 Å². The molecule has 7 heteroatoms. The molecule has 42 heavy (non-hydrogen) atoms. The van der Waals surface area contributed by atoms with Gasteiger partial charge in [-0.2, -0.15) is 0 Å².